The molecule has 0 fully saturated rings. The minimum Gasteiger partial charge on any atom is -0.489 e. The van der Waals surface area contributed by atoms with E-state index in [1.807, 2.05) is 50.2 Å². The van der Waals surface area contributed by atoms with Gasteiger partial charge in [-0.15, -0.1) is 0 Å². The summed E-state index contributed by atoms with van der Waals surface area (Å²) in [6, 6.07) is 15.6. The van der Waals surface area contributed by atoms with Crippen LogP contribution in [0.3, 0.4) is 0 Å². The molecule has 0 aliphatic heterocycles. The predicted octanol–water partition coefficient (Wildman–Crippen LogP) is 3.51. The second kappa shape index (κ2) is 8.34. The summed E-state index contributed by atoms with van der Waals surface area (Å²) < 4.78 is 5.70. The number of ether oxygens (including phenoxy) is 1. The second-order valence-corrected chi connectivity index (χ2v) is 5.74. The number of hydrogen-bond acceptors (Lipinski definition) is 3. The molecule has 4 heteroatoms. The number of amides is 1. The molecule has 2 N–H and O–H groups in total. The molecule has 2 rings (SSSR count). The van der Waals surface area contributed by atoms with Gasteiger partial charge in [0.25, 0.3) is 0 Å². The lowest BCUT2D eigenvalue weighted by atomic mass is 10.1. The fraction of sp³-hybridized carbons (Fsp3) is 0.316. The fourth-order valence-electron chi connectivity index (χ4n) is 2.24. The van der Waals surface area contributed by atoms with Crippen LogP contribution in [0.5, 0.6) is 5.75 Å². The molecule has 0 aliphatic rings. The van der Waals surface area contributed by atoms with Crippen LogP contribution in [0, 0.1) is 6.92 Å². The fourth-order valence-corrected chi connectivity index (χ4v) is 2.24. The zero-order valence-corrected chi connectivity index (χ0v) is 13.9. The van der Waals surface area contributed by atoms with Gasteiger partial charge < -0.3 is 15.4 Å². The van der Waals surface area contributed by atoms with Crippen LogP contribution in [0.1, 0.15) is 25.0 Å². The highest BCUT2D eigenvalue weighted by atomic mass is 16.5. The number of hydrogen-bond donors (Lipinski definition) is 2. The molecular weight excluding hydrogens is 288 g/mol. The van der Waals surface area contributed by atoms with Crippen molar-refractivity contribution in [1.29, 1.82) is 0 Å². The van der Waals surface area contributed by atoms with Crippen molar-refractivity contribution in [3.8, 4) is 5.75 Å². The Morgan fingerprint density at radius 3 is 2.52 bits per heavy atom. The number of rotatable bonds is 7. The van der Waals surface area contributed by atoms with Crippen molar-refractivity contribution in [2.45, 2.75) is 33.4 Å². The topological polar surface area (TPSA) is 50.4 Å². The Morgan fingerprint density at radius 1 is 1.09 bits per heavy atom. The molecule has 23 heavy (non-hydrogen) atoms. The monoisotopic (exact) mass is 312 g/mol. The van der Waals surface area contributed by atoms with Crippen LogP contribution in [0.15, 0.2) is 48.5 Å². The van der Waals surface area contributed by atoms with Crippen molar-refractivity contribution >= 4 is 11.6 Å². The van der Waals surface area contributed by atoms with Crippen LogP contribution in [-0.2, 0) is 11.3 Å². The lowest BCUT2D eigenvalue weighted by Gasteiger charge is -2.15. The highest BCUT2D eigenvalue weighted by molar-refractivity contribution is 5.93. The zero-order chi connectivity index (χ0) is 16.7. The highest BCUT2D eigenvalue weighted by Gasteiger charge is 2.08. The SMILES string of the molecule is Cc1ccccc1CNCC(=O)Nc1ccccc1OC(C)C. The van der Waals surface area contributed by atoms with Crippen LogP contribution >= 0.6 is 0 Å². The molecule has 0 unspecified atom stereocenters. The molecule has 122 valence electrons. The lowest BCUT2D eigenvalue weighted by Crippen LogP contribution is -2.28. The molecule has 0 aromatic heterocycles. The van der Waals surface area contributed by atoms with E-state index in [9.17, 15) is 4.79 Å². The van der Waals surface area contributed by atoms with Gasteiger partial charge in [0, 0.05) is 6.54 Å². The molecule has 0 saturated carbocycles. The van der Waals surface area contributed by atoms with E-state index >= 15 is 0 Å². The van der Waals surface area contributed by atoms with Crippen molar-refractivity contribution in [2.24, 2.45) is 0 Å². The summed E-state index contributed by atoms with van der Waals surface area (Å²) in [5.41, 5.74) is 3.11. The van der Waals surface area contributed by atoms with E-state index in [1.54, 1.807) is 0 Å². The number of anilines is 1. The molecule has 0 spiro atoms. The number of benzene rings is 2. The maximum atomic E-state index is 12.1. The number of aryl methyl sites for hydroxylation is 1. The van der Waals surface area contributed by atoms with Crippen LogP contribution in [-0.4, -0.2) is 18.6 Å². The Bertz CT molecular complexity index is 653. The number of nitrogens with one attached hydrogen (secondary N) is 2. The first-order valence-corrected chi connectivity index (χ1v) is 7.87. The largest absolute Gasteiger partial charge is 0.489 e. The van der Waals surface area contributed by atoms with Crippen molar-refractivity contribution < 1.29 is 9.53 Å². The summed E-state index contributed by atoms with van der Waals surface area (Å²) in [6.07, 6.45) is 0.0623. The molecule has 0 atom stereocenters. The van der Waals surface area contributed by atoms with Crippen LogP contribution in [0.4, 0.5) is 5.69 Å². The molecule has 2 aromatic carbocycles. The van der Waals surface area contributed by atoms with E-state index < -0.39 is 0 Å². The predicted molar refractivity (Wildman–Crippen MR) is 93.7 cm³/mol. The Morgan fingerprint density at radius 2 is 1.78 bits per heavy atom. The van der Waals surface area contributed by atoms with Gasteiger partial charge >= 0.3 is 0 Å². The first-order valence-electron chi connectivity index (χ1n) is 7.87. The van der Waals surface area contributed by atoms with Gasteiger partial charge in [0.1, 0.15) is 5.75 Å². The van der Waals surface area contributed by atoms with Gasteiger partial charge in [-0.25, -0.2) is 0 Å². The van der Waals surface area contributed by atoms with Crippen molar-refractivity contribution in [3.05, 3.63) is 59.7 Å². The van der Waals surface area contributed by atoms with Crippen molar-refractivity contribution in [3.63, 3.8) is 0 Å². The normalized spacial score (nSPS) is 10.6. The number of carbonyl (C=O) groups excluding carboxylic acids is 1. The third kappa shape index (κ3) is 5.42. The summed E-state index contributed by atoms with van der Waals surface area (Å²) in [5, 5.41) is 6.06. The van der Waals surface area contributed by atoms with E-state index in [0.29, 0.717) is 18.0 Å². The number of para-hydroxylation sites is 2. The molecule has 0 heterocycles. The first-order chi connectivity index (χ1) is 11.1. The molecular formula is C19H24N2O2. The van der Waals surface area contributed by atoms with Crippen LogP contribution < -0.4 is 15.4 Å². The van der Waals surface area contributed by atoms with Crippen LogP contribution in [0.25, 0.3) is 0 Å². The summed E-state index contributed by atoms with van der Waals surface area (Å²) >= 11 is 0. The van der Waals surface area contributed by atoms with Gasteiger partial charge in [0.2, 0.25) is 5.91 Å². The first kappa shape index (κ1) is 17.0. The zero-order valence-electron chi connectivity index (χ0n) is 13.9. The summed E-state index contributed by atoms with van der Waals surface area (Å²) in [6.45, 7) is 6.91. The minimum absolute atomic E-state index is 0.0623. The van der Waals surface area contributed by atoms with E-state index in [0.717, 1.165) is 0 Å². The van der Waals surface area contributed by atoms with Gasteiger partial charge in [0.05, 0.1) is 18.3 Å². The molecule has 0 radical (unpaired) electrons. The van der Waals surface area contributed by atoms with E-state index in [2.05, 4.69) is 29.7 Å². The minimum atomic E-state index is -0.0848. The standard InChI is InChI=1S/C19H24N2O2/c1-14(2)23-18-11-7-6-10-17(18)21-19(22)13-20-12-16-9-5-4-8-15(16)3/h4-11,14,20H,12-13H2,1-3H3,(H,21,22). The molecule has 1 amide bonds. The highest BCUT2D eigenvalue weighted by Crippen LogP contribution is 2.24. The average Bonchev–Trinajstić information content (AvgIpc) is 2.51. The molecule has 4 nitrogen and oxygen atoms in total. The van der Waals surface area contributed by atoms with Crippen LogP contribution in [0.2, 0.25) is 0 Å². The Balaban J connectivity index is 1.87. The van der Waals surface area contributed by atoms with Gasteiger partial charge in [-0.1, -0.05) is 36.4 Å². The van der Waals surface area contributed by atoms with Gasteiger partial charge in [0.15, 0.2) is 0 Å². The molecule has 0 saturated heterocycles. The lowest BCUT2D eigenvalue weighted by molar-refractivity contribution is -0.115. The van der Waals surface area contributed by atoms with Gasteiger partial charge in [-0.3, -0.25) is 4.79 Å². The maximum Gasteiger partial charge on any atom is 0.238 e. The molecule has 2 aromatic rings. The second-order valence-electron chi connectivity index (χ2n) is 5.74. The Labute approximate surface area is 137 Å². The maximum absolute atomic E-state index is 12.1. The number of carbonyl (C=O) groups is 1. The van der Waals surface area contributed by atoms with E-state index in [-0.39, 0.29) is 18.6 Å². The van der Waals surface area contributed by atoms with E-state index in [4.69, 9.17) is 4.74 Å². The summed E-state index contributed by atoms with van der Waals surface area (Å²) in [4.78, 5) is 12.1. The summed E-state index contributed by atoms with van der Waals surface area (Å²) in [5.74, 6) is 0.605. The molecule has 0 bridgehead atoms. The van der Waals surface area contributed by atoms with Crippen molar-refractivity contribution in [1.82, 2.24) is 5.32 Å². The summed E-state index contributed by atoms with van der Waals surface area (Å²) in [7, 11) is 0. The van der Waals surface area contributed by atoms with Gasteiger partial charge in [-0.2, -0.15) is 0 Å². The third-order valence-electron chi connectivity index (χ3n) is 3.39. The smallest absolute Gasteiger partial charge is 0.238 e. The third-order valence-corrected chi connectivity index (χ3v) is 3.39. The molecule has 0 aliphatic carbocycles. The average molecular weight is 312 g/mol. The Kier molecular flexibility index (Phi) is 6.18. The van der Waals surface area contributed by atoms with Crippen molar-refractivity contribution in [2.75, 3.05) is 11.9 Å². The quantitative estimate of drug-likeness (QED) is 0.822. The van der Waals surface area contributed by atoms with E-state index in [1.165, 1.54) is 11.1 Å². The Hall–Kier alpha value is -2.33. The van der Waals surface area contributed by atoms with Gasteiger partial charge in [-0.05, 0) is 44.0 Å².